The van der Waals surface area contributed by atoms with E-state index in [0.717, 1.165) is 5.56 Å². The number of hydrogen-bond acceptors (Lipinski definition) is 4. The minimum atomic E-state index is -0.712. The van der Waals surface area contributed by atoms with Crippen LogP contribution in [0.15, 0.2) is 24.3 Å². The monoisotopic (exact) mass is 236 g/mol. The number of likely N-dealkylation sites (tertiary alicyclic amines) is 1. The lowest BCUT2D eigenvalue weighted by atomic mass is 10.1. The number of benzene rings is 1. The number of nitrogens with zero attached hydrogens (tertiary/aromatic N) is 1. The Morgan fingerprint density at radius 1 is 1.29 bits per heavy atom. The largest absolute Gasteiger partial charge is 0.389 e. The van der Waals surface area contributed by atoms with E-state index in [4.69, 9.17) is 5.73 Å². The summed E-state index contributed by atoms with van der Waals surface area (Å²) in [5.41, 5.74) is 6.60. The van der Waals surface area contributed by atoms with E-state index in [9.17, 15) is 15.0 Å². The lowest BCUT2D eigenvalue weighted by molar-refractivity contribution is 0.0572. The van der Waals surface area contributed by atoms with Crippen LogP contribution in [0.5, 0.6) is 0 Å². The van der Waals surface area contributed by atoms with Crippen LogP contribution < -0.4 is 5.73 Å². The van der Waals surface area contributed by atoms with Gasteiger partial charge in [0.1, 0.15) is 0 Å². The molecule has 0 saturated carbocycles. The molecule has 1 saturated heterocycles. The van der Waals surface area contributed by atoms with Crippen molar-refractivity contribution in [2.75, 3.05) is 13.1 Å². The smallest absolute Gasteiger partial charge is 0.249 e. The summed E-state index contributed by atoms with van der Waals surface area (Å²) >= 11 is 0. The molecule has 2 atom stereocenters. The van der Waals surface area contributed by atoms with Gasteiger partial charge in [0.15, 0.2) is 0 Å². The molecule has 1 aromatic rings. The van der Waals surface area contributed by atoms with Crippen LogP contribution in [-0.2, 0) is 6.54 Å². The molecule has 0 aromatic heterocycles. The number of β-amino-alcohol motifs (C(OH)–C–C–N with tert-alkyl or cyclic N) is 2. The SMILES string of the molecule is NC(=O)c1ccccc1CN1CC(O)C(O)C1. The Kier molecular flexibility index (Phi) is 3.42. The van der Waals surface area contributed by atoms with Gasteiger partial charge in [0.2, 0.25) is 5.91 Å². The molecular weight excluding hydrogens is 220 g/mol. The highest BCUT2D eigenvalue weighted by Gasteiger charge is 2.29. The zero-order valence-electron chi connectivity index (χ0n) is 9.41. The van der Waals surface area contributed by atoms with Crippen LogP contribution in [0.3, 0.4) is 0 Å². The van der Waals surface area contributed by atoms with Gasteiger partial charge in [-0.2, -0.15) is 0 Å². The molecule has 2 unspecified atom stereocenters. The highest BCUT2D eigenvalue weighted by Crippen LogP contribution is 2.16. The van der Waals surface area contributed by atoms with Crippen LogP contribution >= 0.6 is 0 Å². The molecule has 17 heavy (non-hydrogen) atoms. The molecule has 1 aliphatic heterocycles. The number of nitrogens with two attached hydrogens (primary N) is 1. The average Bonchev–Trinajstić information content (AvgIpc) is 2.58. The average molecular weight is 236 g/mol. The summed E-state index contributed by atoms with van der Waals surface area (Å²) in [7, 11) is 0. The summed E-state index contributed by atoms with van der Waals surface area (Å²) in [6.45, 7) is 1.33. The van der Waals surface area contributed by atoms with Crippen molar-refractivity contribution in [2.24, 2.45) is 5.73 Å². The molecule has 0 radical (unpaired) electrons. The second kappa shape index (κ2) is 4.83. The standard InChI is InChI=1S/C12H16N2O3/c13-12(17)9-4-2-1-3-8(9)5-14-6-10(15)11(16)7-14/h1-4,10-11,15-16H,5-7H2,(H2,13,17). The number of amides is 1. The van der Waals surface area contributed by atoms with Gasteiger partial charge in [0, 0.05) is 25.2 Å². The van der Waals surface area contributed by atoms with E-state index in [1.807, 2.05) is 17.0 Å². The molecule has 5 heteroatoms. The van der Waals surface area contributed by atoms with E-state index in [-0.39, 0.29) is 0 Å². The van der Waals surface area contributed by atoms with Crippen LogP contribution in [0.1, 0.15) is 15.9 Å². The van der Waals surface area contributed by atoms with Crippen molar-refractivity contribution in [3.05, 3.63) is 35.4 Å². The molecule has 1 fully saturated rings. The summed E-state index contributed by atoms with van der Waals surface area (Å²) < 4.78 is 0. The third kappa shape index (κ3) is 2.63. The van der Waals surface area contributed by atoms with E-state index < -0.39 is 18.1 Å². The molecule has 0 aliphatic carbocycles. The number of aliphatic hydroxyl groups excluding tert-OH is 2. The fourth-order valence-corrected chi connectivity index (χ4v) is 2.12. The Balaban J connectivity index is 2.11. The Bertz CT molecular complexity index is 412. The first-order chi connectivity index (χ1) is 8.08. The normalized spacial score (nSPS) is 25.1. The Labute approximate surface area is 99.5 Å². The third-order valence-corrected chi connectivity index (χ3v) is 3.01. The van der Waals surface area contributed by atoms with Gasteiger partial charge in [-0.25, -0.2) is 0 Å². The van der Waals surface area contributed by atoms with E-state index in [2.05, 4.69) is 0 Å². The zero-order valence-corrected chi connectivity index (χ0v) is 9.41. The van der Waals surface area contributed by atoms with Gasteiger partial charge in [-0.3, -0.25) is 9.69 Å². The van der Waals surface area contributed by atoms with Crippen molar-refractivity contribution in [1.29, 1.82) is 0 Å². The van der Waals surface area contributed by atoms with Gasteiger partial charge in [0.25, 0.3) is 0 Å². The van der Waals surface area contributed by atoms with E-state index >= 15 is 0 Å². The topological polar surface area (TPSA) is 86.8 Å². The van der Waals surface area contributed by atoms with Crippen LogP contribution in [0, 0.1) is 0 Å². The van der Waals surface area contributed by atoms with Crippen molar-refractivity contribution in [3.8, 4) is 0 Å². The lowest BCUT2D eigenvalue weighted by Gasteiger charge is -2.16. The Morgan fingerprint density at radius 3 is 2.47 bits per heavy atom. The highest BCUT2D eigenvalue weighted by molar-refractivity contribution is 5.94. The number of carbonyl (C=O) groups is 1. The summed E-state index contributed by atoms with van der Waals surface area (Å²) in [6.07, 6.45) is -1.42. The van der Waals surface area contributed by atoms with Crippen LogP contribution in [-0.4, -0.2) is 46.3 Å². The minimum Gasteiger partial charge on any atom is -0.389 e. The lowest BCUT2D eigenvalue weighted by Crippen LogP contribution is -2.24. The van der Waals surface area contributed by atoms with Gasteiger partial charge in [-0.1, -0.05) is 18.2 Å². The maximum absolute atomic E-state index is 11.2. The van der Waals surface area contributed by atoms with Crippen molar-refractivity contribution >= 4 is 5.91 Å². The number of primary amides is 1. The summed E-state index contributed by atoms with van der Waals surface area (Å²) in [5, 5.41) is 18.9. The molecule has 4 N–H and O–H groups in total. The first-order valence-electron chi connectivity index (χ1n) is 5.54. The second-order valence-electron chi connectivity index (χ2n) is 4.35. The predicted molar refractivity (Wildman–Crippen MR) is 62.3 cm³/mol. The first-order valence-corrected chi connectivity index (χ1v) is 5.54. The van der Waals surface area contributed by atoms with Gasteiger partial charge < -0.3 is 15.9 Å². The number of aliphatic hydroxyl groups is 2. The third-order valence-electron chi connectivity index (χ3n) is 3.01. The Hall–Kier alpha value is -1.43. The van der Waals surface area contributed by atoms with Crippen molar-refractivity contribution in [3.63, 3.8) is 0 Å². The summed E-state index contributed by atoms with van der Waals surface area (Å²) in [5.74, 6) is -0.458. The van der Waals surface area contributed by atoms with Crippen LogP contribution in [0.4, 0.5) is 0 Å². The van der Waals surface area contributed by atoms with Crippen molar-refractivity contribution in [1.82, 2.24) is 4.90 Å². The maximum Gasteiger partial charge on any atom is 0.249 e. The minimum absolute atomic E-state index is 0.411. The molecule has 92 valence electrons. The summed E-state index contributed by atoms with van der Waals surface area (Å²) in [6, 6.07) is 7.11. The molecule has 1 aliphatic rings. The quantitative estimate of drug-likeness (QED) is 0.649. The van der Waals surface area contributed by atoms with Gasteiger partial charge >= 0.3 is 0 Å². The van der Waals surface area contributed by atoms with Crippen molar-refractivity contribution < 1.29 is 15.0 Å². The molecule has 1 amide bonds. The predicted octanol–water partition coefficient (Wildman–Crippen LogP) is -0.677. The number of hydrogen-bond donors (Lipinski definition) is 3. The van der Waals surface area contributed by atoms with Gasteiger partial charge in [-0.15, -0.1) is 0 Å². The van der Waals surface area contributed by atoms with Crippen LogP contribution in [0.25, 0.3) is 0 Å². The zero-order chi connectivity index (χ0) is 12.4. The molecule has 1 aromatic carbocycles. The van der Waals surface area contributed by atoms with Gasteiger partial charge in [-0.05, 0) is 11.6 Å². The molecule has 1 heterocycles. The molecular formula is C12H16N2O3. The fraction of sp³-hybridized carbons (Fsp3) is 0.417. The molecule has 0 spiro atoms. The first kappa shape index (κ1) is 12.0. The molecule has 2 rings (SSSR count). The van der Waals surface area contributed by atoms with E-state index in [1.54, 1.807) is 12.1 Å². The Morgan fingerprint density at radius 2 is 1.88 bits per heavy atom. The maximum atomic E-state index is 11.2. The highest BCUT2D eigenvalue weighted by atomic mass is 16.3. The van der Waals surface area contributed by atoms with E-state index in [1.165, 1.54) is 0 Å². The van der Waals surface area contributed by atoms with Gasteiger partial charge in [0.05, 0.1) is 12.2 Å². The van der Waals surface area contributed by atoms with Crippen LogP contribution in [0.2, 0.25) is 0 Å². The molecule has 0 bridgehead atoms. The summed E-state index contributed by atoms with van der Waals surface area (Å²) in [4.78, 5) is 13.1. The number of rotatable bonds is 3. The fourth-order valence-electron chi connectivity index (χ4n) is 2.12. The number of carbonyl (C=O) groups excluding carboxylic acids is 1. The second-order valence-corrected chi connectivity index (χ2v) is 4.35. The van der Waals surface area contributed by atoms with E-state index in [0.29, 0.717) is 25.2 Å². The van der Waals surface area contributed by atoms with Crippen molar-refractivity contribution in [2.45, 2.75) is 18.8 Å². The molecule has 5 nitrogen and oxygen atoms in total.